The second-order valence-corrected chi connectivity index (χ2v) is 4.97. The van der Waals surface area contributed by atoms with E-state index in [4.69, 9.17) is 4.98 Å². The van der Waals surface area contributed by atoms with E-state index >= 15 is 0 Å². The van der Waals surface area contributed by atoms with Gasteiger partial charge in [-0.15, -0.1) is 0 Å². The number of fused-ring (bicyclic) bond motifs is 1. The Balaban J connectivity index is 2.32. The minimum Gasteiger partial charge on any atom is -0.373 e. The van der Waals surface area contributed by atoms with E-state index in [9.17, 15) is 0 Å². The van der Waals surface area contributed by atoms with Crippen molar-refractivity contribution in [3.8, 4) is 11.3 Å². The largest absolute Gasteiger partial charge is 0.373 e. The molecule has 0 aliphatic carbocycles. The number of rotatable bonds is 3. The Kier molecular flexibility index (Phi) is 3.52. The molecule has 1 N–H and O–H groups in total. The van der Waals surface area contributed by atoms with Gasteiger partial charge in [0.05, 0.1) is 5.69 Å². The van der Waals surface area contributed by atoms with E-state index in [0.717, 1.165) is 40.3 Å². The molecular weight excluding hydrogens is 260 g/mol. The fourth-order valence-corrected chi connectivity index (χ4v) is 2.56. The molecule has 21 heavy (non-hydrogen) atoms. The summed E-state index contributed by atoms with van der Waals surface area (Å²) < 4.78 is 0. The van der Waals surface area contributed by atoms with Gasteiger partial charge in [-0.3, -0.25) is 4.98 Å². The second-order valence-electron chi connectivity index (χ2n) is 4.97. The first-order valence-corrected chi connectivity index (χ1v) is 7.13. The van der Waals surface area contributed by atoms with Crippen LogP contribution in [-0.2, 0) is 6.42 Å². The number of aromatic nitrogens is 3. The predicted octanol–water partition coefficient (Wildman–Crippen LogP) is 3.60. The van der Waals surface area contributed by atoms with E-state index < -0.39 is 0 Å². The van der Waals surface area contributed by atoms with Gasteiger partial charge in [0.2, 0.25) is 0 Å². The number of nitrogens with zero attached hydrogens (tertiary/aromatic N) is 3. The van der Waals surface area contributed by atoms with Crippen LogP contribution in [0.1, 0.15) is 18.3 Å². The molecule has 0 unspecified atom stereocenters. The van der Waals surface area contributed by atoms with Crippen molar-refractivity contribution in [2.45, 2.75) is 20.3 Å². The number of anilines is 1. The molecule has 0 amide bonds. The molecule has 106 valence electrons. The van der Waals surface area contributed by atoms with Gasteiger partial charge in [0.1, 0.15) is 11.6 Å². The summed E-state index contributed by atoms with van der Waals surface area (Å²) in [5.74, 6) is 1.74. The molecule has 0 aliphatic rings. The molecular formula is C17H18N4. The highest BCUT2D eigenvalue weighted by atomic mass is 15.0. The van der Waals surface area contributed by atoms with Gasteiger partial charge in [-0.05, 0) is 18.4 Å². The van der Waals surface area contributed by atoms with Gasteiger partial charge in [0, 0.05) is 42.4 Å². The summed E-state index contributed by atoms with van der Waals surface area (Å²) in [7, 11) is 1.89. The number of aryl methyl sites for hydroxylation is 1. The van der Waals surface area contributed by atoms with Crippen LogP contribution >= 0.6 is 0 Å². The zero-order valence-electron chi connectivity index (χ0n) is 12.5. The Morgan fingerprint density at radius 1 is 1.14 bits per heavy atom. The highest BCUT2D eigenvalue weighted by molar-refractivity contribution is 5.96. The molecule has 3 aromatic rings. The number of hydrogen-bond acceptors (Lipinski definition) is 4. The van der Waals surface area contributed by atoms with Gasteiger partial charge in [0.25, 0.3) is 0 Å². The van der Waals surface area contributed by atoms with Gasteiger partial charge in [0.15, 0.2) is 0 Å². The maximum Gasteiger partial charge on any atom is 0.132 e. The van der Waals surface area contributed by atoms with Crippen LogP contribution in [0.25, 0.3) is 22.0 Å². The molecule has 0 radical (unpaired) electrons. The standard InChI is InChI=1S/C17H18N4/c1-4-15-20-16(11(2)17(18-3)21-15)14-7-5-6-12-10-19-9-8-13(12)14/h5-10H,4H2,1-3H3,(H,18,20,21). The molecule has 4 nitrogen and oxygen atoms in total. The van der Waals surface area contributed by atoms with Gasteiger partial charge in [-0.2, -0.15) is 0 Å². The minimum atomic E-state index is 0.814. The molecule has 2 heterocycles. The Labute approximate surface area is 124 Å². The van der Waals surface area contributed by atoms with Crippen molar-refractivity contribution in [1.29, 1.82) is 0 Å². The Hall–Kier alpha value is -2.49. The Morgan fingerprint density at radius 3 is 2.76 bits per heavy atom. The molecule has 3 rings (SSSR count). The van der Waals surface area contributed by atoms with Gasteiger partial charge in [-0.1, -0.05) is 25.1 Å². The third-order valence-electron chi connectivity index (χ3n) is 3.68. The van der Waals surface area contributed by atoms with Crippen molar-refractivity contribution in [2.24, 2.45) is 0 Å². The summed E-state index contributed by atoms with van der Waals surface area (Å²) in [6.07, 6.45) is 4.52. The highest BCUT2D eigenvalue weighted by Gasteiger charge is 2.13. The maximum absolute atomic E-state index is 4.75. The smallest absolute Gasteiger partial charge is 0.132 e. The average Bonchev–Trinajstić information content (AvgIpc) is 2.54. The van der Waals surface area contributed by atoms with Crippen molar-refractivity contribution in [3.63, 3.8) is 0 Å². The zero-order valence-corrected chi connectivity index (χ0v) is 12.5. The fraction of sp³-hybridized carbons (Fsp3) is 0.235. The molecule has 0 fully saturated rings. The van der Waals surface area contributed by atoms with Crippen LogP contribution < -0.4 is 5.32 Å². The first-order chi connectivity index (χ1) is 10.2. The molecule has 4 heteroatoms. The van der Waals surface area contributed by atoms with Crippen LogP contribution in [0.2, 0.25) is 0 Å². The van der Waals surface area contributed by atoms with Gasteiger partial charge >= 0.3 is 0 Å². The van der Waals surface area contributed by atoms with Crippen molar-refractivity contribution in [2.75, 3.05) is 12.4 Å². The number of nitrogens with one attached hydrogen (secondary N) is 1. The van der Waals surface area contributed by atoms with Crippen molar-refractivity contribution in [3.05, 3.63) is 48.0 Å². The van der Waals surface area contributed by atoms with E-state index in [1.165, 1.54) is 5.39 Å². The van der Waals surface area contributed by atoms with E-state index in [2.05, 4.69) is 41.3 Å². The quantitative estimate of drug-likeness (QED) is 0.795. The van der Waals surface area contributed by atoms with Crippen LogP contribution in [0.4, 0.5) is 5.82 Å². The number of pyridine rings is 1. The first kappa shape index (κ1) is 13.5. The second kappa shape index (κ2) is 5.48. The number of hydrogen-bond donors (Lipinski definition) is 1. The first-order valence-electron chi connectivity index (χ1n) is 7.13. The summed E-state index contributed by atoms with van der Waals surface area (Å²) in [6.45, 7) is 4.13. The summed E-state index contributed by atoms with van der Waals surface area (Å²) >= 11 is 0. The monoisotopic (exact) mass is 278 g/mol. The average molecular weight is 278 g/mol. The van der Waals surface area contributed by atoms with Crippen LogP contribution in [0.3, 0.4) is 0 Å². The lowest BCUT2D eigenvalue weighted by Gasteiger charge is -2.13. The third kappa shape index (κ3) is 2.33. The normalized spacial score (nSPS) is 10.8. The molecule has 0 bridgehead atoms. The van der Waals surface area contributed by atoms with E-state index in [0.29, 0.717) is 0 Å². The van der Waals surface area contributed by atoms with Crippen LogP contribution in [-0.4, -0.2) is 22.0 Å². The molecule has 0 saturated heterocycles. The topological polar surface area (TPSA) is 50.7 Å². The Bertz CT molecular complexity index is 791. The Morgan fingerprint density at radius 2 is 2.00 bits per heavy atom. The molecule has 1 aromatic carbocycles. The van der Waals surface area contributed by atoms with Crippen LogP contribution in [0.15, 0.2) is 36.7 Å². The number of benzene rings is 1. The van der Waals surface area contributed by atoms with Crippen LogP contribution in [0, 0.1) is 6.92 Å². The van der Waals surface area contributed by atoms with E-state index in [1.807, 2.05) is 31.6 Å². The lowest BCUT2D eigenvalue weighted by atomic mass is 10.0. The third-order valence-corrected chi connectivity index (χ3v) is 3.68. The van der Waals surface area contributed by atoms with Crippen molar-refractivity contribution in [1.82, 2.24) is 15.0 Å². The molecule has 0 atom stereocenters. The minimum absolute atomic E-state index is 0.814. The van der Waals surface area contributed by atoms with Gasteiger partial charge in [-0.25, -0.2) is 9.97 Å². The lowest BCUT2D eigenvalue weighted by Crippen LogP contribution is -2.04. The molecule has 0 spiro atoms. The fourth-order valence-electron chi connectivity index (χ4n) is 2.56. The summed E-state index contributed by atoms with van der Waals surface area (Å²) in [6, 6.07) is 8.26. The molecule has 0 aliphatic heterocycles. The van der Waals surface area contributed by atoms with Crippen molar-refractivity contribution >= 4 is 16.6 Å². The SMILES string of the molecule is CCc1nc(NC)c(C)c(-c2cccc3cnccc23)n1. The summed E-state index contributed by atoms with van der Waals surface area (Å²) in [5, 5.41) is 5.45. The van der Waals surface area contributed by atoms with E-state index in [1.54, 1.807) is 0 Å². The lowest BCUT2D eigenvalue weighted by molar-refractivity contribution is 0.936. The predicted molar refractivity (Wildman–Crippen MR) is 86.4 cm³/mol. The summed E-state index contributed by atoms with van der Waals surface area (Å²) in [5.41, 5.74) is 3.18. The summed E-state index contributed by atoms with van der Waals surface area (Å²) in [4.78, 5) is 13.5. The molecule has 2 aromatic heterocycles. The van der Waals surface area contributed by atoms with Crippen molar-refractivity contribution < 1.29 is 0 Å². The maximum atomic E-state index is 4.75. The highest BCUT2D eigenvalue weighted by Crippen LogP contribution is 2.31. The van der Waals surface area contributed by atoms with E-state index in [-0.39, 0.29) is 0 Å². The molecule has 0 saturated carbocycles. The zero-order chi connectivity index (χ0) is 14.8. The van der Waals surface area contributed by atoms with Gasteiger partial charge < -0.3 is 5.32 Å². The van der Waals surface area contributed by atoms with Crippen LogP contribution in [0.5, 0.6) is 0 Å².